The van der Waals surface area contributed by atoms with Crippen molar-refractivity contribution < 1.29 is 18.4 Å². The van der Waals surface area contributed by atoms with Crippen molar-refractivity contribution in [3.05, 3.63) is 24.4 Å². The van der Waals surface area contributed by atoms with Crippen LogP contribution in [-0.4, -0.2) is 68.8 Å². The lowest BCUT2D eigenvalue weighted by atomic mass is 10.2. The molecule has 0 spiro atoms. The fourth-order valence-electron chi connectivity index (χ4n) is 2.62. The van der Waals surface area contributed by atoms with E-state index in [4.69, 9.17) is 5.21 Å². The molecule has 1 aliphatic heterocycles. The Hall–Kier alpha value is -1.93. The average Bonchev–Trinajstić information content (AvgIpc) is 2.64. The minimum absolute atomic E-state index is 0.313. The van der Waals surface area contributed by atoms with Crippen LogP contribution in [0.5, 0.6) is 0 Å². The van der Waals surface area contributed by atoms with E-state index in [0.29, 0.717) is 26.2 Å². The number of sulfonamides is 1. The van der Waals surface area contributed by atoms with Gasteiger partial charge in [-0.15, -0.1) is 5.54 Å². The first-order valence-electron chi connectivity index (χ1n) is 8.73. The third-order valence-electron chi connectivity index (χ3n) is 4.03. The molecular formula is C17H26N4O4SSi. The zero-order valence-electron chi connectivity index (χ0n) is 15.8. The van der Waals surface area contributed by atoms with Gasteiger partial charge in [-0.05, 0) is 12.1 Å². The highest BCUT2D eigenvalue weighted by Crippen LogP contribution is 2.16. The van der Waals surface area contributed by atoms with E-state index >= 15 is 0 Å². The fourth-order valence-corrected chi connectivity index (χ4v) is 4.81. The van der Waals surface area contributed by atoms with E-state index in [0.717, 1.165) is 5.82 Å². The zero-order valence-corrected chi connectivity index (χ0v) is 17.7. The second-order valence-electron chi connectivity index (χ2n) is 7.40. The van der Waals surface area contributed by atoms with E-state index in [1.54, 1.807) is 6.20 Å². The van der Waals surface area contributed by atoms with Gasteiger partial charge in [-0.2, -0.15) is 4.31 Å². The standard InChI is InChI=1S/C17H26N4O4SSi/c1-27(2,3)13-7-15(17(22)19-23)14-26(24,25)21-11-9-20(10-12-21)16-6-4-5-8-18-16/h4-6,8,15,23H,9-12,14H2,1-3H3,(H,19,22). The summed E-state index contributed by atoms with van der Waals surface area (Å²) in [5.41, 5.74) is 4.54. The van der Waals surface area contributed by atoms with Crippen LogP contribution in [0.15, 0.2) is 24.4 Å². The molecule has 148 valence electrons. The van der Waals surface area contributed by atoms with Crippen molar-refractivity contribution in [2.45, 2.75) is 19.6 Å². The monoisotopic (exact) mass is 410 g/mol. The Bertz CT molecular complexity index is 807. The highest BCUT2D eigenvalue weighted by molar-refractivity contribution is 7.89. The lowest BCUT2D eigenvalue weighted by Gasteiger charge is -2.34. The van der Waals surface area contributed by atoms with Crippen LogP contribution in [-0.2, 0) is 14.8 Å². The van der Waals surface area contributed by atoms with Crippen LogP contribution in [0.25, 0.3) is 0 Å². The van der Waals surface area contributed by atoms with Gasteiger partial charge in [0.05, 0.1) is 5.75 Å². The number of anilines is 1. The maximum Gasteiger partial charge on any atom is 0.259 e. The molecule has 0 bridgehead atoms. The molecule has 0 aromatic carbocycles. The van der Waals surface area contributed by atoms with Crippen molar-refractivity contribution in [3.63, 3.8) is 0 Å². The number of rotatable bonds is 5. The highest BCUT2D eigenvalue weighted by atomic mass is 32.2. The van der Waals surface area contributed by atoms with E-state index in [1.807, 2.05) is 42.7 Å². The summed E-state index contributed by atoms with van der Waals surface area (Å²) in [6, 6.07) is 5.61. The summed E-state index contributed by atoms with van der Waals surface area (Å²) in [7, 11) is -5.47. The number of nitrogens with zero attached hydrogens (tertiary/aromatic N) is 3. The van der Waals surface area contributed by atoms with Crippen molar-refractivity contribution in [3.8, 4) is 11.5 Å². The van der Waals surface area contributed by atoms with Crippen molar-refractivity contribution in [2.24, 2.45) is 5.92 Å². The molecule has 2 rings (SSSR count). The van der Waals surface area contributed by atoms with Crippen LogP contribution < -0.4 is 10.4 Å². The summed E-state index contributed by atoms with van der Waals surface area (Å²) in [6.07, 6.45) is 1.70. The first kappa shape index (κ1) is 21.4. The molecule has 1 amide bonds. The van der Waals surface area contributed by atoms with Gasteiger partial charge in [-0.25, -0.2) is 18.9 Å². The summed E-state index contributed by atoms with van der Waals surface area (Å²) in [5, 5.41) is 8.92. The van der Waals surface area contributed by atoms with Crippen molar-refractivity contribution in [1.29, 1.82) is 0 Å². The number of hydroxylamine groups is 1. The number of hydrogen-bond acceptors (Lipinski definition) is 6. The molecule has 1 fully saturated rings. The summed E-state index contributed by atoms with van der Waals surface area (Å²) in [6.45, 7) is 7.67. The molecule has 8 nitrogen and oxygen atoms in total. The highest BCUT2D eigenvalue weighted by Gasteiger charge is 2.32. The van der Waals surface area contributed by atoms with Gasteiger partial charge >= 0.3 is 0 Å². The third-order valence-corrected chi connectivity index (χ3v) is 6.83. The fraction of sp³-hybridized carbons (Fsp3) is 0.529. The van der Waals surface area contributed by atoms with Gasteiger partial charge in [-0.1, -0.05) is 31.6 Å². The minimum Gasteiger partial charge on any atom is -0.354 e. The first-order chi connectivity index (χ1) is 12.6. The molecule has 10 heteroatoms. The van der Waals surface area contributed by atoms with E-state index in [2.05, 4.69) is 16.4 Å². The van der Waals surface area contributed by atoms with Gasteiger partial charge in [0.1, 0.15) is 19.8 Å². The molecule has 0 radical (unpaired) electrons. The number of carbonyl (C=O) groups is 1. The maximum absolute atomic E-state index is 12.8. The Labute approximate surface area is 161 Å². The Morgan fingerprint density at radius 1 is 1.30 bits per heavy atom. The molecule has 2 N–H and O–H groups in total. The summed E-state index contributed by atoms with van der Waals surface area (Å²) >= 11 is 0. The summed E-state index contributed by atoms with van der Waals surface area (Å²) in [5.74, 6) is 1.23. The number of nitrogens with one attached hydrogen (secondary N) is 1. The lowest BCUT2D eigenvalue weighted by Crippen LogP contribution is -2.50. The Balaban J connectivity index is 2.06. The number of carbonyl (C=O) groups excluding carboxylic acids is 1. The molecule has 1 aromatic heterocycles. The van der Waals surface area contributed by atoms with E-state index in [1.165, 1.54) is 9.79 Å². The number of pyridine rings is 1. The number of hydrogen-bond donors (Lipinski definition) is 2. The third kappa shape index (κ3) is 6.32. The average molecular weight is 411 g/mol. The normalized spacial score (nSPS) is 17.0. The number of piperazine rings is 1. The van der Waals surface area contributed by atoms with Crippen molar-refractivity contribution in [2.75, 3.05) is 36.8 Å². The zero-order chi connectivity index (χ0) is 20.1. The van der Waals surface area contributed by atoms with Crippen LogP contribution in [0, 0.1) is 17.4 Å². The lowest BCUT2D eigenvalue weighted by molar-refractivity contribution is -0.131. The topological polar surface area (TPSA) is 103 Å². The van der Waals surface area contributed by atoms with E-state index < -0.39 is 35.7 Å². The second-order valence-corrected chi connectivity index (χ2v) is 14.2. The molecule has 27 heavy (non-hydrogen) atoms. The van der Waals surface area contributed by atoms with Crippen LogP contribution in [0.2, 0.25) is 19.6 Å². The van der Waals surface area contributed by atoms with Gasteiger partial charge in [0.25, 0.3) is 5.91 Å². The minimum atomic E-state index is -3.68. The van der Waals surface area contributed by atoms with E-state index in [9.17, 15) is 13.2 Å². The maximum atomic E-state index is 12.8. The molecule has 2 heterocycles. The second kappa shape index (κ2) is 8.84. The molecule has 0 aliphatic carbocycles. The van der Waals surface area contributed by atoms with Crippen LogP contribution >= 0.6 is 0 Å². The van der Waals surface area contributed by atoms with Crippen LogP contribution in [0.4, 0.5) is 5.82 Å². The Morgan fingerprint density at radius 3 is 2.48 bits per heavy atom. The summed E-state index contributed by atoms with van der Waals surface area (Å²) in [4.78, 5) is 18.2. The largest absolute Gasteiger partial charge is 0.354 e. The van der Waals surface area contributed by atoms with Gasteiger partial charge in [0.15, 0.2) is 0 Å². The Kier molecular flexibility index (Phi) is 6.99. The molecule has 1 aromatic rings. The number of aromatic nitrogens is 1. The predicted octanol–water partition coefficient (Wildman–Crippen LogP) is 0.536. The van der Waals surface area contributed by atoms with Gasteiger partial charge in [-0.3, -0.25) is 10.0 Å². The smallest absolute Gasteiger partial charge is 0.259 e. The molecular weight excluding hydrogens is 384 g/mol. The van der Waals surface area contributed by atoms with Crippen molar-refractivity contribution in [1.82, 2.24) is 14.8 Å². The first-order valence-corrected chi connectivity index (χ1v) is 13.8. The molecule has 0 saturated carbocycles. The molecule has 1 saturated heterocycles. The van der Waals surface area contributed by atoms with Gasteiger partial charge in [0.2, 0.25) is 10.0 Å². The molecule has 1 aliphatic rings. The van der Waals surface area contributed by atoms with Gasteiger partial charge < -0.3 is 4.90 Å². The quantitative estimate of drug-likeness (QED) is 0.318. The predicted molar refractivity (Wildman–Crippen MR) is 106 cm³/mol. The molecule has 1 atom stereocenters. The van der Waals surface area contributed by atoms with Crippen molar-refractivity contribution >= 4 is 29.8 Å². The van der Waals surface area contributed by atoms with Crippen LogP contribution in [0.3, 0.4) is 0 Å². The summed E-state index contributed by atoms with van der Waals surface area (Å²) < 4.78 is 26.9. The van der Waals surface area contributed by atoms with Gasteiger partial charge in [0, 0.05) is 32.4 Å². The Morgan fingerprint density at radius 2 is 1.96 bits per heavy atom. The number of amides is 1. The van der Waals surface area contributed by atoms with Crippen LogP contribution in [0.1, 0.15) is 0 Å². The molecule has 1 unspecified atom stereocenters. The SMILES string of the molecule is C[Si](C)(C)C#CC(CS(=O)(=O)N1CCN(c2ccccn2)CC1)C(=O)NO. The van der Waals surface area contributed by atoms with E-state index in [-0.39, 0.29) is 0 Å².